The predicted octanol–water partition coefficient (Wildman–Crippen LogP) is 3.61. The van der Waals surface area contributed by atoms with Gasteiger partial charge in [-0.25, -0.2) is 13.9 Å². The number of amides is 2. The van der Waals surface area contributed by atoms with Crippen LogP contribution in [0.25, 0.3) is 5.69 Å². The molecule has 4 rings (SSSR count). The second-order valence-electron chi connectivity index (χ2n) is 7.55. The third-order valence-corrected chi connectivity index (χ3v) is 5.58. The SMILES string of the molecule is CCCc1c(NC(=O)N2CC[C@]3(CCOC3)C2)cnn1-c1ccc(F)cc1. The van der Waals surface area contributed by atoms with Crippen molar-refractivity contribution in [1.29, 1.82) is 0 Å². The first-order valence-corrected chi connectivity index (χ1v) is 9.57. The molecular weight excluding hydrogens is 347 g/mol. The summed E-state index contributed by atoms with van der Waals surface area (Å²) in [6, 6.07) is 6.13. The fourth-order valence-electron chi connectivity index (χ4n) is 4.03. The van der Waals surface area contributed by atoms with E-state index >= 15 is 0 Å². The van der Waals surface area contributed by atoms with Crippen LogP contribution in [-0.4, -0.2) is 47.0 Å². The lowest BCUT2D eigenvalue weighted by atomic mass is 9.87. The van der Waals surface area contributed by atoms with Gasteiger partial charge in [0, 0.05) is 25.1 Å². The van der Waals surface area contributed by atoms with Gasteiger partial charge in [-0.2, -0.15) is 5.10 Å². The number of carbonyl (C=O) groups excluding carboxylic acids is 1. The molecule has 2 aliphatic rings. The number of nitrogens with one attached hydrogen (secondary N) is 1. The summed E-state index contributed by atoms with van der Waals surface area (Å²) in [4.78, 5) is 14.7. The second-order valence-corrected chi connectivity index (χ2v) is 7.55. The van der Waals surface area contributed by atoms with E-state index in [1.807, 2.05) is 4.90 Å². The summed E-state index contributed by atoms with van der Waals surface area (Å²) in [6.45, 7) is 5.12. The number of urea groups is 1. The maximum atomic E-state index is 13.2. The number of hydrogen-bond acceptors (Lipinski definition) is 3. The Morgan fingerprint density at radius 1 is 1.33 bits per heavy atom. The molecule has 2 aliphatic heterocycles. The van der Waals surface area contributed by atoms with Crippen molar-refractivity contribution in [3.05, 3.63) is 42.0 Å². The van der Waals surface area contributed by atoms with Crippen LogP contribution in [0.15, 0.2) is 30.5 Å². The molecule has 0 aliphatic carbocycles. The standard InChI is InChI=1S/C20H25FN4O2/c1-2-3-18-17(12-22-25(18)16-6-4-15(21)5-7-16)23-19(26)24-10-8-20(13-24)9-11-27-14-20/h4-7,12H,2-3,8-11,13-14H2,1H3,(H,23,26)/t20-/m0/s1. The van der Waals surface area contributed by atoms with Gasteiger partial charge >= 0.3 is 6.03 Å². The summed E-state index contributed by atoms with van der Waals surface area (Å²) < 4.78 is 20.5. The Bertz CT molecular complexity index is 812. The number of rotatable bonds is 4. The fraction of sp³-hybridized carbons (Fsp3) is 0.500. The van der Waals surface area contributed by atoms with Crippen molar-refractivity contribution in [3.63, 3.8) is 0 Å². The van der Waals surface area contributed by atoms with E-state index < -0.39 is 0 Å². The number of ether oxygens (including phenoxy) is 1. The number of anilines is 1. The van der Waals surface area contributed by atoms with E-state index in [-0.39, 0.29) is 17.3 Å². The Morgan fingerprint density at radius 2 is 2.15 bits per heavy atom. The third kappa shape index (κ3) is 3.56. The highest BCUT2D eigenvalue weighted by Gasteiger charge is 2.42. The van der Waals surface area contributed by atoms with Crippen molar-refractivity contribution >= 4 is 11.7 Å². The van der Waals surface area contributed by atoms with E-state index in [0.29, 0.717) is 0 Å². The van der Waals surface area contributed by atoms with E-state index in [9.17, 15) is 9.18 Å². The first kappa shape index (κ1) is 18.0. The lowest BCUT2D eigenvalue weighted by molar-refractivity contribution is 0.154. The van der Waals surface area contributed by atoms with Crippen LogP contribution >= 0.6 is 0 Å². The van der Waals surface area contributed by atoms with Crippen LogP contribution in [0.2, 0.25) is 0 Å². The minimum absolute atomic E-state index is 0.0882. The highest BCUT2D eigenvalue weighted by Crippen LogP contribution is 2.38. The van der Waals surface area contributed by atoms with Crippen molar-refractivity contribution in [1.82, 2.24) is 14.7 Å². The topological polar surface area (TPSA) is 59.4 Å². The molecule has 0 unspecified atom stereocenters. The number of aromatic nitrogens is 2. The van der Waals surface area contributed by atoms with Crippen LogP contribution in [0.1, 0.15) is 31.9 Å². The number of halogens is 1. The van der Waals surface area contributed by atoms with Crippen molar-refractivity contribution in [2.75, 3.05) is 31.6 Å². The normalized spacial score (nSPS) is 21.9. The van der Waals surface area contributed by atoms with E-state index in [1.54, 1.807) is 23.0 Å². The highest BCUT2D eigenvalue weighted by molar-refractivity contribution is 5.90. The van der Waals surface area contributed by atoms with Crippen LogP contribution in [0.3, 0.4) is 0 Å². The molecule has 7 heteroatoms. The van der Waals surface area contributed by atoms with E-state index in [4.69, 9.17) is 4.74 Å². The van der Waals surface area contributed by atoms with E-state index in [1.165, 1.54) is 12.1 Å². The molecule has 1 aromatic heterocycles. The molecule has 1 N–H and O–H groups in total. The van der Waals surface area contributed by atoms with E-state index in [0.717, 1.165) is 69.1 Å². The first-order chi connectivity index (χ1) is 13.1. The van der Waals surface area contributed by atoms with Gasteiger partial charge in [0.15, 0.2) is 0 Å². The van der Waals surface area contributed by atoms with Gasteiger partial charge in [-0.1, -0.05) is 13.3 Å². The summed E-state index contributed by atoms with van der Waals surface area (Å²) in [5.41, 5.74) is 2.57. The van der Waals surface area contributed by atoms with Gasteiger partial charge in [-0.15, -0.1) is 0 Å². The number of likely N-dealkylation sites (tertiary alicyclic amines) is 1. The zero-order valence-electron chi connectivity index (χ0n) is 15.6. The largest absolute Gasteiger partial charge is 0.381 e. The minimum Gasteiger partial charge on any atom is -0.381 e. The Morgan fingerprint density at radius 3 is 2.85 bits per heavy atom. The first-order valence-electron chi connectivity index (χ1n) is 9.57. The predicted molar refractivity (Wildman–Crippen MR) is 101 cm³/mol. The maximum Gasteiger partial charge on any atom is 0.321 e. The van der Waals surface area contributed by atoms with Gasteiger partial charge in [0.25, 0.3) is 0 Å². The Balaban J connectivity index is 1.51. The molecule has 2 saturated heterocycles. The Kier molecular flexibility index (Phi) is 4.86. The van der Waals surface area contributed by atoms with Crippen molar-refractivity contribution in [2.45, 2.75) is 32.6 Å². The molecule has 0 bridgehead atoms. The summed E-state index contributed by atoms with van der Waals surface area (Å²) in [7, 11) is 0. The molecule has 1 atom stereocenters. The van der Waals surface area contributed by atoms with Crippen LogP contribution in [0, 0.1) is 11.2 Å². The average Bonchev–Trinajstić information content (AvgIpc) is 3.39. The van der Waals surface area contributed by atoms with Gasteiger partial charge in [0.2, 0.25) is 0 Å². The van der Waals surface area contributed by atoms with E-state index in [2.05, 4.69) is 17.3 Å². The maximum absolute atomic E-state index is 13.2. The van der Waals surface area contributed by atoms with Gasteiger partial charge in [-0.3, -0.25) is 0 Å². The molecule has 2 aromatic rings. The van der Waals surface area contributed by atoms with Gasteiger partial charge in [0.05, 0.1) is 29.9 Å². The van der Waals surface area contributed by atoms with Crippen LogP contribution < -0.4 is 5.32 Å². The molecular formula is C20H25FN4O2. The lowest BCUT2D eigenvalue weighted by Gasteiger charge is -2.22. The second kappa shape index (κ2) is 7.31. The van der Waals surface area contributed by atoms with Crippen molar-refractivity contribution in [3.8, 4) is 5.69 Å². The molecule has 0 saturated carbocycles. The zero-order chi connectivity index (χ0) is 18.9. The van der Waals surface area contributed by atoms with Gasteiger partial charge < -0.3 is 15.0 Å². The van der Waals surface area contributed by atoms with Crippen molar-refractivity contribution < 1.29 is 13.9 Å². The summed E-state index contributed by atoms with van der Waals surface area (Å²) >= 11 is 0. The molecule has 144 valence electrons. The molecule has 0 radical (unpaired) electrons. The van der Waals surface area contributed by atoms with Gasteiger partial charge in [0.1, 0.15) is 5.82 Å². The summed E-state index contributed by atoms with van der Waals surface area (Å²) in [5, 5.41) is 7.46. The third-order valence-electron chi connectivity index (χ3n) is 5.58. The molecule has 2 fully saturated rings. The number of benzene rings is 1. The molecule has 3 heterocycles. The molecule has 6 nitrogen and oxygen atoms in total. The molecule has 2 amide bonds. The monoisotopic (exact) mass is 372 g/mol. The number of hydrogen-bond donors (Lipinski definition) is 1. The Hall–Kier alpha value is -2.41. The van der Waals surface area contributed by atoms with Crippen molar-refractivity contribution in [2.24, 2.45) is 5.41 Å². The number of nitrogens with zero attached hydrogens (tertiary/aromatic N) is 3. The smallest absolute Gasteiger partial charge is 0.321 e. The van der Waals surface area contributed by atoms with Gasteiger partial charge in [-0.05, 0) is 43.5 Å². The molecule has 27 heavy (non-hydrogen) atoms. The van der Waals surface area contributed by atoms with Crippen LogP contribution in [0.5, 0.6) is 0 Å². The average molecular weight is 372 g/mol. The molecule has 1 aromatic carbocycles. The number of carbonyl (C=O) groups is 1. The Labute approximate surface area is 158 Å². The zero-order valence-corrected chi connectivity index (χ0v) is 15.6. The summed E-state index contributed by atoms with van der Waals surface area (Å²) in [5.74, 6) is -0.282. The van der Waals surface area contributed by atoms with Crippen LogP contribution in [0.4, 0.5) is 14.9 Å². The minimum atomic E-state index is -0.282. The summed E-state index contributed by atoms with van der Waals surface area (Å²) in [6.07, 6.45) is 5.39. The highest BCUT2D eigenvalue weighted by atomic mass is 19.1. The van der Waals surface area contributed by atoms with Crippen LogP contribution in [-0.2, 0) is 11.2 Å². The molecule has 1 spiro atoms. The quantitative estimate of drug-likeness (QED) is 0.892. The fourth-order valence-corrected chi connectivity index (χ4v) is 4.03. The lowest BCUT2D eigenvalue weighted by Crippen LogP contribution is -2.35.